The Morgan fingerprint density at radius 2 is 2.00 bits per heavy atom. The number of aromatic nitrogens is 1. The summed E-state index contributed by atoms with van der Waals surface area (Å²) in [6.07, 6.45) is 1.99. The summed E-state index contributed by atoms with van der Waals surface area (Å²) in [7, 11) is 0. The van der Waals surface area contributed by atoms with Crippen molar-refractivity contribution in [2.75, 3.05) is 24.5 Å². The molecule has 0 unspecified atom stereocenters. The molecule has 0 bridgehead atoms. The van der Waals surface area contributed by atoms with Crippen LogP contribution in [0.25, 0.3) is 11.1 Å². The lowest BCUT2D eigenvalue weighted by Gasteiger charge is -2.30. The third kappa shape index (κ3) is 3.68. The lowest BCUT2D eigenvalue weighted by Crippen LogP contribution is -2.38. The summed E-state index contributed by atoms with van der Waals surface area (Å²) in [5.74, 6) is 0.382. The van der Waals surface area contributed by atoms with Gasteiger partial charge in [0.15, 0.2) is 5.58 Å². The van der Waals surface area contributed by atoms with Gasteiger partial charge in [0.25, 0.3) is 11.9 Å². The van der Waals surface area contributed by atoms with Crippen molar-refractivity contribution in [2.45, 2.75) is 12.8 Å². The van der Waals surface area contributed by atoms with Crippen LogP contribution in [0.4, 0.5) is 6.01 Å². The summed E-state index contributed by atoms with van der Waals surface area (Å²) in [6, 6.07) is 15.5. The first kappa shape index (κ1) is 16.9. The molecule has 1 aromatic heterocycles. The van der Waals surface area contributed by atoms with Crippen molar-refractivity contribution in [1.82, 2.24) is 10.3 Å². The second-order valence-corrected chi connectivity index (χ2v) is 7.05. The first-order valence-electron chi connectivity index (χ1n) is 8.83. The highest BCUT2D eigenvalue weighted by atomic mass is 35.5. The molecule has 134 valence electrons. The summed E-state index contributed by atoms with van der Waals surface area (Å²) >= 11 is 5.94. The molecule has 4 rings (SSSR count). The van der Waals surface area contributed by atoms with E-state index in [1.54, 1.807) is 24.3 Å². The zero-order chi connectivity index (χ0) is 17.9. The van der Waals surface area contributed by atoms with E-state index >= 15 is 0 Å². The SMILES string of the molecule is O=C(NCC1CCN(c2nc3ccccc3o2)CC1)c1cccc(Cl)c1. The molecule has 0 aliphatic carbocycles. The van der Waals surface area contributed by atoms with Crippen LogP contribution >= 0.6 is 11.6 Å². The first-order chi connectivity index (χ1) is 12.7. The zero-order valence-electron chi connectivity index (χ0n) is 14.3. The molecule has 1 saturated heterocycles. The molecule has 2 aromatic carbocycles. The maximum atomic E-state index is 12.2. The van der Waals surface area contributed by atoms with Gasteiger partial charge in [0, 0.05) is 30.2 Å². The maximum absolute atomic E-state index is 12.2. The molecule has 1 amide bonds. The van der Waals surface area contributed by atoms with E-state index in [0.717, 1.165) is 37.0 Å². The summed E-state index contributed by atoms with van der Waals surface area (Å²) in [4.78, 5) is 19.0. The van der Waals surface area contributed by atoms with E-state index in [4.69, 9.17) is 16.0 Å². The highest BCUT2D eigenvalue weighted by Gasteiger charge is 2.23. The lowest BCUT2D eigenvalue weighted by molar-refractivity contribution is 0.0944. The normalized spacial score (nSPS) is 15.3. The number of amides is 1. The van der Waals surface area contributed by atoms with Crippen LogP contribution in [-0.4, -0.2) is 30.5 Å². The van der Waals surface area contributed by atoms with E-state index in [1.807, 2.05) is 24.3 Å². The fourth-order valence-corrected chi connectivity index (χ4v) is 3.48. The van der Waals surface area contributed by atoms with Crippen molar-refractivity contribution < 1.29 is 9.21 Å². The molecule has 5 nitrogen and oxygen atoms in total. The standard InChI is InChI=1S/C20H20ClN3O2/c21-16-5-3-4-15(12-16)19(25)22-13-14-8-10-24(11-9-14)20-23-17-6-1-2-7-18(17)26-20/h1-7,12,14H,8-11,13H2,(H,22,25). The van der Waals surface area contributed by atoms with Crippen molar-refractivity contribution in [3.05, 3.63) is 59.1 Å². The number of halogens is 1. The smallest absolute Gasteiger partial charge is 0.298 e. The average molecular weight is 370 g/mol. The molecular formula is C20H20ClN3O2. The zero-order valence-corrected chi connectivity index (χ0v) is 15.1. The molecule has 2 heterocycles. The van der Waals surface area contributed by atoms with Crippen LogP contribution in [0.2, 0.25) is 5.02 Å². The monoisotopic (exact) mass is 369 g/mol. The van der Waals surface area contributed by atoms with Gasteiger partial charge in [0.05, 0.1) is 0 Å². The van der Waals surface area contributed by atoms with E-state index in [0.29, 0.717) is 29.1 Å². The third-order valence-corrected chi connectivity index (χ3v) is 5.04. The van der Waals surface area contributed by atoms with Crippen LogP contribution in [0.5, 0.6) is 0 Å². The summed E-state index contributed by atoms with van der Waals surface area (Å²) < 4.78 is 5.84. The quantitative estimate of drug-likeness (QED) is 0.751. The Bertz CT molecular complexity index is 883. The molecule has 3 aromatic rings. The van der Waals surface area contributed by atoms with Gasteiger partial charge >= 0.3 is 0 Å². The first-order valence-corrected chi connectivity index (χ1v) is 9.21. The summed E-state index contributed by atoms with van der Waals surface area (Å²) in [6.45, 7) is 2.43. The maximum Gasteiger partial charge on any atom is 0.298 e. The van der Waals surface area contributed by atoms with Gasteiger partial charge in [-0.05, 0) is 49.1 Å². The predicted octanol–water partition coefficient (Wildman–Crippen LogP) is 4.13. The Labute approximate surface area is 157 Å². The van der Waals surface area contributed by atoms with E-state index in [2.05, 4.69) is 15.2 Å². The molecule has 1 N–H and O–H groups in total. The van der Waals surface area contributed by atoms with Crippen molar-refractivity contribution >= 4 is 34.6 Å². The average Bonchev–Trinajstić information content (AvgIpc) is 3.11. The van der Waals surface area contributed by atoms with Gasteiger partial charge < -0.3 is 14.6 Å². The number of hydrogen-bond donors (Lipinski definition) is 1. The van der Waals surface area contributed by atoms with Gasteiger partial charge in [-0.15, -0.1) is 0 Å². The number of oxazole rings is 1. The second-order valence-electron chi connectivity index (χ2n) is 6.61. The van der Waals surface area contributed by atoms with E-state index < -0.39 is 0 Å². The number of para-hydroxylation sites is 2. The number of anilines is 1. The van der Waals surface area contributed by atoms with Gasteiger partial charge in [-0.2, -0.15) is 4.98 Å². The number of rotatable bonds is 4. The molecule has 0 atom stereocenters. The number of carbonyl (C=O) groups excluding carboxylic acids is 1. The van der Waals surface area contributed by atoms with Gasteiger partial charge in [-0.3, -0.25) is 4.79 Å². The fraction of sp³-hybridized carbons (Fsp3) is 0.300. The molecule has 26 heavy (non-hydrogen) atoms. The van der Waals surface area contributed by atoms with Crippen molar-refractivity contribution in [2.24, 2.45) is 5.92 Å². The van der Waals surface area contributed by atoms with Gasteiger partial charge in [-0.25, -0.2) is 0 Å². The second kappa shape index (κ2) is 7.38. The van der Waals surface area contributed by atoms with Crippen LogP contribution in [-0.2, 0) is 0 Å². The van der Waals surface area contributed by atoms with Gasteiger partial charge in [0.1, 0.15) is 5.52 Å². The van der Waals surface area contributed by atoms with Crippen molar-refractivity contribution in [3.8, 4) is 0 Å². The minimum Gasteiger partial charge on any atom is -0.423 e. The highest BCUT2D eigenvalue weighted by molar-refractivity contribution is 6.30. The molecule has 0 spiro atoms. The fourth-order valence-electron chi connectivity index (χ4n) is 3.29. The Hall–Kier alpha value is -2.53. The van der Waals surface area contributed by atoms with Crippen molar-refractivity contribution in [3.63, 3.8) is 0 Å². The number of piperidine rings is 1. The minimum absolute atomic E-state index is 0.0751. The number of nitrogens with zero attached hydrogens (tertiary/aromatic N) is 2. The number of nitrogens with one attached hydrogen (secondary N) is 1. The predicted molar refractivity (Wildman–Crippen MR) is 103 cm³/mol. The van der Waals surface area contributed by atoms with Gasteiger partial charge in [-0.1, -0.05) is 29.8 Å². The van der Waals surface area contributed by atoms with Crippen LogP contribution in [0.1, 0.15) is 23.2 Å². The molecule has 1 aliphatic heterocycles. The van der Waals surface area contributed by atoms with E-state index in [-0.39, 0.29) is 5.91 Å². The summed E-state index contributed by atoms with van der Waals surface area (Å²) in [5.41, 5.74) is 2.30. The number of carbonyl (C=O) groups is 1. The number of hydrogen-bond acceptors (Lipinski definition) is 4. The topological polar surface area (TPSA) is 58.4 Å². The molecule has 1 fully saturated rings. The van der Waals surface area contributed by atoms with Gasteiger partial charge in [0.2, 0.25) is 0 Å². The Morgan fingerprint density at radius 1 is 1.19 bits per heavy atom. The van der Waals surface area contributed by atoms with Crippen LogP contribution < -0.4 is 10.2 Å². The lowest BCUT2D eigenvalue weighted by atomic mass is 9.97. The molecule has 1 aliphatic rings. The molecule has 0 radical (unpaired) electrons. The number of benzene rings is 2. The molecular weight excluding hydrogens is 350 g/mol. The largest absolute Gasteiger partial charge is 0.423 e. The minimum atomic E-state index is -0.0751. The van der Waals surface area contributed by atoms with Crippen LogP contribution in [0, 0.1) is 5.92 Å². The third-order valence-electron chi connectivity index (χ3n) is 4.81. The van der Waals surface area contributed by atoms with E-state index in [1.165, 1.54) is 0 Å². The van der Waals surface area contributed by atoms with Crippen LogP contribution in [0.15, 0.2) is 52.9 Å². The Kier molecular flexibility index (Phi) is 4.80. The van der Waals surface area contributed by atoms with E-state index in [9.17, 15) is 4.79 Å². The molecule has 6 heteroatoms. The Morgan fingerprint density at radius 3 is 2.77 bits per heavy atom. The van der Waals surface area contributed by atoms with Crippen molar-refractivity contribution in [1.29, 1.82) is 0 Å². The summed E-state index contributed by atoms with van der Waals surface area (Å²) in [5, 5.41) is 3.59. The van der Waals surface area contributed by atoms with Crippen LogP contribution in [0.3, 0.4) is 0 Å². The molecule has 0 saturated carbocycles. The number of fused-ring (bicyclic) bond motifs is 1. The highest BCUT2D eigenvalue weighted by Crippen LogP contribution is 2.26. The Balaban J connectivity index is 1.30.